The van der Waals surface area contributed by atoms with Crippen LogP contribution in [0.25, 0.3) is 0 Å². The summed E-state index contributed by atoms with van der Waals surface area (Å²) in [5.74, 6) is 0.694. The molecule has 2 heterocycles. The Morgan fingerprint density at radius 3 is 2.76 bits per heavy atom. The van der Waals surface area contributed by atoms with Gasteiger partial charge in [0.25, 0.3) is 5.91 Å². The average Bonchev–Trinajstić information content (AvgIpc) is 2.52. The smallest absolute Gasteiger partial charge is 0.255 e. The number of methoxy groups -OCH3 is 1. The van der Waals surface area contributed by atoms with Crippen LogP contribution in [0.1, 0.15) is 29.6 Å². The number of anilines is 1. The van der Waals surface area contributed by atoms with Crippen molar-refractivity contribution in [3.05, 3.63) is 22.8 Å². The van der Waals surface area contributed by atoms with Crippen molar-refractivity contribution in [2.24, 2.45) is 0 Å². The molecule has 0 bridgehead atoms. The van der Waals surface area contributed by atoms with Crippen LogP contribution < -0.4 is 4.90 Å². The summed E-state index contributed by atoms with van der Waals surface area (Å²) in [6.45, 7) is 2.95. The van der Waals surface area contributed by atoms with Gasteiger partial charge in [-0.25, -0.2) is 4.98 Å². The maximum Gasteiger partial charge on any atom is 0.255 e. The Morgan fingerprint density at radius 2 is 2.14 bits per heavy atom. The molecule has 1 saturated heterocycles. The van der Waals surface area contributed by atoms with Crippen LogP contribution in [0.2, 0.25) is 5.02 Å². The number of rotatable bonds is 5. The number of hydrogen-bond acceptors (Lipinski definition) is 4. The highest BCUT2D eigenvalue weighted by Crippen LogP contribution is 2.24. The third-order valence-electron chi connectivity index (χ3n) is 3.70. The lowest BCUT2D eigenvalue weighted by atomic mass is 10.1. The second kappa shape index (κ2) is 7.61. The number of hydrogen-bond donors (Lipinski definition) is 0. The predicted molar refractivity (Wildman–Crippen MR) is 84.1 cm³/mol. The van der Waals surface area contributed by atoms with Gasteiger partial charge in [0.05, 0.1) is 17.2 Å². The summed E-state index contributed by atoms with van der Waals surface area (Å²) < 4.78 is 5.04. The summed E-state index contributed by atoms with van der Waals surface area (Å²) in [6, 6.07) is 1.71. The van der Waals surface area contributed by atoms with Gasteiger partial charge < -0.3 is 14.5 Å². The van der Waals surface area contributed by atoms with E-state index in [1.807, 2.05) is 16.8 Å². The summed E-state index contributed by atoms with van der Waals surface area (Å²) in [7, 11) is 3.56. The molecule has 1 aromatic rings. The van der Waals surface area contributed by atoms with E-state index < -0.39 is 0 Å². The fourth-order valence-corrected chi connectivity index (χ4v) is 2.75. The molecule has 6 heteroatoms. The first-order valence-electron chi connectivity index (χ1n) is 7.28. The van der Waals surface area contributed by atoms with Crippen molar-refractivity contribution in [3.8, 4) is 0 Å². The van der Waals surface area contributed by atoms with Crippen LogP contribution in [-0.2, 0) is 4.74 Å². The monoisotopic (exact) mass is 311 g/mol. The normalized spacial score (nSPS) is 15.1. The van der Waals surface area contributed by atoms with Crippen molar-refractivity contribution in [3.63, 3.8) is 0 Å². The van der Waals surface area contributed by atoms with Crippen LogP contribution in [0.5, 0.6) is 0 Å². The largest absolute Gasteiger partial charge is 0.383 e. The molecule has 0 unspecified atom stereocenters. The van der Waals surface area contributed by atoms with Crippen LogP contribution >= 0.6 is 11.6 Å². The van der Waals surface area contributed by atoms with E-state index in [-0.39, 0.29) is 5.91 Å². The molecule has 1 amide bonds. The highest BCUT2D eigenvalue weighted by atomic mass is 35.5. The molecule has 21 heavy (non-hydrogen) atoms. The molecular formula is C15H22ClN3O2. The van der Waals surface area contributed by atoms with E-state index in [9.17, 15) is 4.79 Å². The van der Waals surface area contributed by atoms with E-state index in [2.05, 4.69) is 4.98 Å². The molecule has 0 aliphatic carbocycles. The number of likely N-dealkylation sites (N-methyl/N-ethyl adjacent to an activating group) is 1. The van der Waals surface area contributed by atoms with E-state index >= 15 is 0 Å². The maximum atomic E-state index is 12.4. The minimum atomic E-state index is 0.0233. The third kappa shape index (κ3) is 4.08. The molecule has 1 fully saturated rings. The number of ether oxygens (including phenoxy) is 1. The second-order valence-electron chi connectivity index (χ2n) is 5.30. The highest BCUT2D eigenvalue weighted by Gasteiger charge is 2.20. The van der Waals surface area contributed by atoms with Crippen LogP contribution in [0, 0.1) is 0 Å². The number of carbonyl (C=O) groups is 1. The molecule has 1 aliphatic heterocycles. The predicted octanol–water partition coefficient (Wildman–Crippen LogP) is 2.44. The molecule has 5 nitrogen and oxygen atoms in total. The van der Waals surface area contributed by atoms with E-state index in [4.69, 9.17) is 16.3 Å². The second-order valence-corrected chi connectivity index (χ2v) is 5.70. The summed E-state index contributed by atoms with van der Waals surface area (Å²) in [6.07, 6.45) is 4.96. The first kappa shape index (κ1) is 16.0. The van der Waals surface area contributed by atoms with Crippen molar-refractivity contribution in [1.82, 2.24) is 9.88 Å². The van der Waals surface area contributed by atoms with Crippen LogP contribution in [0.4, 0.5) is 5.82 Å². The molecule has 0 aromatic carbocycles. The van der Waals surface area contributed by atoms with E-state index in [0.717, 1.165) is 25.9 Å². The number of likely N-dealkylation sites (tertiary alicyclic amines) is 1. The highest BCUT2D eigenvalue weighted by molar-refractivity contribution is 6.33. The van der Waals surface area contributed by atoms with Gasteiger partial charge in [-0.3, -0.25) is 4.79 Å². The lowest BCUT2D eigenvalue weighted by Crippen LogP contribution is -2.35. The summed E-state index contributed by atoms with van der Waals surface area (Å²) in [4.78, 5) is 20.5. The quantitative estimate of drug-likeness (QED) is 0.838. The number of amides is 1. The average molecular weight is 312 g/mol. The van der Waals surface area contributed by atoms with Gasteiger partial charge in [0, 0.05) is 40.0 Å². The maximum absolute atomic E-state index is 12.4. The number of piperidine rings is 1. The summed E-state index contributed by atoms with van der Waals surface area (Å²) >= 11 is 6.27. The lowest BCUT2D eigenvalue weighted by molar-refractivity contribution is 0.0724. The van der Waals surface area contributed by atoms with Gasteiger partial charge in [-0.1, -0.05) is 11.6 Å². The van der Waals surface area contributed by atoms with Crippen molar-refractivity contribution in [1.29, 1.82) is 0 Å². The zero-order valence-corrected chi connectivity index (χ0v) is 13.4. The number of carbonyl (C=O) groups excluding carboxylic acids is 1. The number of nitrogens with zero attached hydrogens (tertiary/aromatic N) is 3. The molecular weight excluding hydrogens is 290 g/mol. The van der Waals surface area contributed by atoms with E-state index in [0.29, 0.717) is 29.6 Å². The van der Waals surface area contributed by atoms with Gasteiger partial charge in [0.15, 0.2) is 0 Å². The summed E-state index contributed by atoms with van der Waals surface area (Å²) in [5, 5.41) is 0.497. The first-order chi connectivity index (χ1) is 10.1. The van der Waals surface area contributed by atoms with Crippen LogP contribution in [-0.4, -0.2) is 56.2 Å². The standard InChI is InChI=1S/C15H22ClN3O2/c1-18(8-9-21-2)14-13(16)10-12(11-17-14)15(20)19-6-4-3-5-7-19/h10-11H,3-9H2,1-2H3. The number of halogens is 1. The fourth-order valence-electron chi connectivity index (χ4n) is 2.44. The van der Waals surface area contributed by atoms with Gasteiger partial charge in [-0.05, 0) is 25.3 Å². The van der Waals surface area contributed by atoms with Crippen LogP contribution in [0.3, 0.4) is 0 Å². The topological polar surface area (TPSA) is 45.7 Å². The Bertz CT molecular complexity index is 490. The zero-order chi connectivity index (χ0) is 15.2. The first-order valence-corrected chi connectivity index (χ1v) is 7.66. The minimum Gasteiger partial charge on any atom is -0.383 e. The van der Waals surface area contributed by atoms with E-state index in [1.165, 1.54) is 6.42 Å². The van der Waals surface area contributed by atoms with Gasteiger partial charge in [-0.15, -0.1) is 0 Å². The molecule has 0 spiro atoms. The van der Waals surface area contributed by atoms with Gasteiger partial charge in [0.1, 0.15) is 5.82 Å². The van der Waals surface area contributed by atoms with Gasteiger partial charge in [-0.2, -0.15) is 0 Å². The Balaban J connectivity index is 2.08. The molecule has 1 aromatic heterocycles. The third-order valence-corrected chi connectivity index (χ3v) is 3.98. The van der Waals surface area contributed by atoms with Crippen molar-refractivity contribution >= 4 is 23.3 Å². The Morgan fingerprint density at radius 1 is 1.43 bits per heavy atom. The lowest BCUT2D eigenvalue weighted by Gasteiger charge is -2.27. The Hall–Kier alpha value is -1.33. The van der Waals surface area contributed by atoms with Crippen molar-refractivity contribution < 1.29 is 9.53 Å². The Labute approximate surface area is 130 Å². The Kier molecular flexibility index (Phi) is 5.82. The molecule has 0 atom stereocenters. The fraction of sp³-hybridized carbons (Fsp3) is 0.600. The molecule has 1 aliphatic rings. The molecule has 0 radical (unpaired) electrons. The van der Waals surface area contributed by atoms with Crippen molar-refractivity contribution in [2.75, 3.05) is 45.3 Å². The molecule has 0 N–H and O–H groups in total. The van der Waals surface area contributed by atoms with E-state index in [1.54, 1.807) is 19.4 Å². The van der Waals surface area contributed by atoms with Crippen molar-refractivity contribution in [2.45, 2.75) is 19.3 Å². The molecule has 116 valence electrons. The van der Waals surface area contributed by atoms with Gasteiger partial charge >= 0.3 is 0 Å². The summed E-state index contributed by atoms with van der Waals surface area (Å²) in [5.41, 5.74) is 0.561. The molecule has 0 saturated carbocycles. The number of aromatic nitrogens is 1. The zero-order valence-electron chi connectivity index (χ0n) is 12.6. The SMILES string of the molecule is COCCN(C)c1ncc(C(=O)N2CCCCC2)cc1Cl. The number of pyridine rings is 1. The van der Waals surface area contributed by atoms with Gasteiger partial charge in [0.2, 0.25) is 0 Å². The van der Waals surface area contributed by atoms with Crippen LogP contribution in [0.15, 0.2) is 12.3 Å². The molecule has 2 rings (SSSR count). The minimum absolute atomic E-state index is 0.0233.